The number of alkyl carbamates (subject to hydrolysis) is 1. The molecule has 0 spiro atoms. The standard InChI is InChI=1S/C17H34N2O3S/c1-15(2,3)12-17(7,8)19-13(20)11-23-10-9-18-14(21)22-16(4,5)6/h9-12H2,1-8H3,(H,18,21)(H,19,20). The molecule has 0 rings (SSSR count). The molecule has 23 heavy (non-hydrogen) atoms. The van der Waals surface area contributed by atoms with E-state index in [0.717, 1.165) is 6.42 Å². The molecule has 0 unspecified atom stereocenters. The quantitative estimate of drug-likeness (QED) is 0.692. The number of carbonyl (C=O) groups is 2. The Kier molecular flexibility index (Phi) is 8.46. The molecule has 0 radical (unpaired) electrons. The number of hydrogen-bond donors (Lipinski definition) is 2. The van der Waals surface area contributed by atoms with Gasteiger partial charge in [0.2, 0.25) is 5.91 Å². The lowest BCUT2D eigenvalue weighted by Gasteiger charge is -2.33. The highest BCUT2D eigenvalue weighted by atomic mass is 32.2. The minimum absolute atomic E-state index is 0.0292. The molecule has 0 aromatic carbocycles. The van der Waals surface area contributed by atoms with E-state index in [4.69, 9.17) is 4.74 Å². The van der Waals surface area contributed by atoms with Crippen molar-refractivity contribution >= 4 is 23.8 Å². The molecule has 6 heteroatoms. The topological polar surface area (TPSA) is 67.4 Å². The largest absolute Gasteiger partial charge is 0.444 e. The maximum Gasteiger partial charge on any atom is 0.407 e. The molecule has 2 amide bonds. The summed E-state index contributed by atoms with van der Waals surface area (Å²) in [5.74, 6) is 1.09. The Morgan fingerprint density at radius 1 is 1.00 bits per heavy atom. The third-order valence-corrected chi connectivity index (χ3v) is 3.56. The van der Waals surface area contributed by atoms with Crippen molar-refractivity contribution in [1.29, 1.82) is 0 Å². The van der Waals surface area contributed by atoms with Crippen molar-refractivity contribution in [3.05, 3.63) is 0 Å². The van der Waals surface area contributed by atoms with Gasteiger partial charge in [-0.05, 0) is 46.5 Å². The molecule has 0 bridgehead atoms. The molecule has 0 saturated carbocycles. The van der Waals surface area contributed by atoms with Gasteiger partial charge in [-0.2, -0.15) is 11.8 Å². The van der Waals surface area contributed by atoms with Gasteiger partial charge >= 0.3 is 6.09 Å². The third-order valence-electron chi connectivity index (χ3n) is 2.60. The lowest BCUT2D eigenvalue weighted by molar-refractivity contribution is -0.120. The van der Waals surface area contributed by atoms with E-state index < -0.39 is 11.7 Å². The van der Waals surface area contributed by atoms with E-state index in [1.807, 2.05) is 34.6 Å². The second-order valence-corrected chi connectivity index (χ2v) is 9.76. The van der Waals surface area contributed by atoms with Crippen molar-refractivity contribution in [2.24, 2.45) is 5.41 Å². The van der Waals surface area contributed by atoms with Gasteiger partial charge in [0.15, 0.2) is 0 Å². The van der Waals surface area contributed by atoms with E-state index >= 15 is 0 Å². The Balaban J connectivity index is 3.89. The predicted octanol–water partition coefficient (Wildman–Crippen LogP) is 3.58. The molecule has 0 heterocycles. The summed E-state index contributed by atoms with van der Waals surface area (Å²) in [6, 6.07) is 0. The monoisotopic (exact) mass is 346 g/mol. The van der Waals surface area contributed by atoms with E-state index in [2.05, 4.69) is 31.4 Å². The summed E-state index contributed by atoms with van der Waals surface area (Å²) in [6.07, 6.45) is 0.491. The molecule has 0 aromatic heterocycles. The van der Waals surface area contributed by atoms with Crippen LogP contribution in [0.1, 0.15) is 61.8 Å². The highest BCUT2D eigenvalue weighted by Crippen LogP contribution is 2.26. The van der Waals surface area contributed by atoms with Gasteiger partial charge in [-0.25, -0.2) is 4.79 Å². The van der Waals surface area contributed by atoms with Crippen LogP contribution in [0.4, 0.5) is 4.79 Å². The van der Waals surface area contributed by atoms with E-state index in [-0.39, 0.29) is 16.9 Å². The number of nitrogens with one attached hydrogen (secondary N) is 2. The first-order valence-corrected chi connectivity index (χ1v) is 9.21. The van der Waals surface area contributed by atoms with Crippen molar-refractivity contribution in [2.75, 3.05) is 18.1 Å². The molecular formula is C17H34N2O3S. The lowest BCUT2D eigenvalue weighted by atomic mass is 9.82. The summed E-state index contributed by atoms with van der Waals surface area (Å²) in [5, 5.41) is 5.75. The Bertz CT molecular complexity index is 396. The van der Waals surface area contributed by atoms with E-state index in [1.165, 1.54) is 11.8 Å². The normalized spacial score (nSPS) is 12.7. The SMILES string of the molecule is CC(C)(C)CC(C)(C)NC(=O)CSCCNC(=O)OC(C)(C)C. The Morgan fingerprint density at radius 2 is 1.57 bits per heavy atom. The minimum atomic E-state index is -0.490. The van der Waals surface area contributed by atoms with Crippen molar-refractivity contribution < 1.29 is 14.3 Å². The third kappa shape index (κ3) is 14.4. The molecule has 0 aliphatic carbocycles. The van der Waals surface area contributed by atoms with Gasteiger partial charge in [0.1, 0.15) is 5.60 Å². The van der Waals surface area contributed by atoms with Gasteiger partial charge in [0, 0.05) is 17.8 Å². The average molecular weight is 347 g/mol. The number of amides is 2. The smallest absolute Gasteiger partial charge is 0.407 e. The maximum atomic E-state index is 12.0. The van der Waals surface area contributed by atoms with Crippen LogP contribution in [0.25, 0.3) is 0 Å². The first-order chi connectivity index (χ1) is 10.2. The zero-order chi connectivity index (χ0) is 18.3. The Morgan fingerprint density at radius 3 is 2.04 bits per heavy atom. The van der Waals surface area contributed by atoms with Crippen molar-refractivity contribution in [3.63, 3.8) is 0 Å². The van der Waals surface area contributed by atoms with Crippen molar-refractivity contribution in [3.8, 4) is 0 Å². The molecule has 0 aliphatic heterocycles. The van der Waals surface area contributed by atoms with Crippen LogP contribution in [0.2, 0.25) is 0 Å². The van der Waals surface area contributed by atoms with Crippen LogP contribution in [0, 0.1) is 5.41 Å². The number of ether oxygens (including phenoxy) is 1. The minimum Gasteiger partial charge on any atom is -0.444 e. The van der Waals surface area contributed by atoms with Gasteiger partial charge < -0.3 is 15.4 Å². The van der Waals surface area contributed by atoms with E-state index in [1.54, 1.807) is 0 Å². The van der Waals surface area contributed by atoms with Gasteiger partial charge in [0.25, 0.3) is 0 Å². The van der Waals surface area contributed by atoms with Crippen LogP contribution in [-0.4, -0.2) is 41.2 Å². The summed E-state index contributed by atoms with van der Waals surface area (Å²) >= 11 is 1.50. The molecule has 0 fully saturated rings. The van der Waals surface area contributed by atoms with Crippen LogP contribution in [0.5, 0.6) is 0 Å². The molecule has 2 N–H and O–H groups in total. The molecule has 0 aliphatic rings. The fraction of sp³-hybridized carbons (Fsp3) is 0.882. The van der Waals surface area contributed by atoms with Crippen LogP contribution >= 0.6 is 11.8 Å². The number of rotatable bonds is 7. The maximum absolute atomic E-state index is 12.0. The van der Waals surface area contributed by atoms with Gasteiger partial charge in [-0.15, -0.1) is 0 Å². The fourth-order valence-electron chi connectivity index (χ4n) is 2.49. The van der Waals surface area contributed by atoms with Crippen molar-refractivity contribution in [1.82, 2.24) is 10.6 Å². The number of thioether (sulfide) groups is 1. The van der Waals surface area contributed by atoms with Crippen LogP contribution in [0.15, 0.2) is 0 Å². The Labute approximate surface area is 145 Å². The summed E-state index contributed by atoms with van der Waals surface area (Å²) in [6.45, 7) is 16.5. The molecule has 136 valence electrons. The van der Waals surface area contributed by atoms with Gasteiger partial charge in [0.05, 0.1) is 5.75 Å². The molecule has 0 aromatic rings. The molecule has 5 nitrogen and oxygen atoms in total. The summed E-state index contributed by atoms with van der Waals surface area (Å²) in [4.78, 5) is 23.4. The van der Waals surface area contributed by atoms with E-state index in [0.29, 0.717) is 18.1 Å². The highest BCUT2D eigenvalue weighted by molar-refractivity contribution is 7.99. The van der Waals surface area contributed by atoms with Gasteiger partial charge in [-0.1, -0.05) is 20.8 Å². The first kappa shape index (κ1) is 22.1. The van der Waals surface area contributed by atoms with Crippen LogP contribution in [0.3, 0.4) is 0 Å². The summed E-state index contributed by atoms with van der Waals surface area (Å²) < 4.78 is 5.14. The van der Waals surface area contributed by atoms with Crippen molar-refractivity contribution in [2.45, 2.75) is 73.0 Å². The predicted molar refractivity (Wildman–Crippen MR) is 97.9 cm³/mol. The van der Waals surface area contributed by atoms with Gasteiger partial charge in [-0.3, -0.25) is 4.79 Å². The second-order valence-electron chi connectivity index (χ2n) is 8.65. The van der Waals surface area contributed by atoms with Crippen LogP contribution in [-0.2, 0) is 9.53 Å². The lowest BCUT2D eigenvalue weighted by Crippen LogP contribution is -2.46. The fourth-order valence-corrected chi connectivity index (χ4v) is 3.14. The zero-order valence-electron chi connectivity index (χ0n) is 16.0. The zero-order valence-corrected chi connectivity index (χ0v) is 16.8. The number of carbonyl (C=O) groups excluding carboxylic acids is 2. The van der Waals surface area contributed by atoms with E-state index in [9.17, 15) is 9.59 Å². The average Bonchev–Trinajstić information content (AvgIpc) is 2.21. The molecule has 0 atom stereocenters. The number of hydrogen-bond acceptors (Lipinski definition) is 4. The highest BCUT2D eigenvalue weighted by Gasteiger charge is 2.26. The summed E-state index contributed by atoms with van der Waals surface area (Å²) in [7, 11) is 0. The first-order valence-electron chi connectivity index (χ1n) is 8.06. The Hall–Kier alpha value is -0.910. The van der Waals surface area contributed by atoms with Crippen LogP contribution < -0.4 is 10.6 Å². The molecule has 0 saturated heterocycles. The second kappa shape index (κ2) is 8.81. The molecular weight excluding hydrogens is 312 g/mol. The summed E-state index contributed by atoms with van der Waals surface area (Å²) in [5.41, 5.74) is -0.540.